The zero-order valence-corrected chi connectivity index (χ0v) is 62.0. The fraction of sp³-hybridized carbons (Fsp3) is 0.917. The van der Waals surface area contributed by atoms with Gasteiger partial charge in [-0.05, 0) is 51.4 Å². The molecule has 7 atom stereocenters. The summed E-state index contributed by atoms with van der Waals surface area (Å²) in [5, 5.41) is 55.1. The van der Waals surface area contributed by atoms with Crippen LogP contribution in [0.15, 0.2) is 36.5 Å². The molecule has 0 radical (unpaired) electrons. The maximum atomic E-state index is 13.2. The molecule has 0 saturated carbocycles. The topological polar surface area (TPSA) is 149 Å². The van der Waals surface area contributed by atoms with Crippen molar-refractivity contribution in [2.24, 2.45) is 0 Å². The Kier molecular flexibility index (Phi) is 70.3. The molecule has 1 fully saturated rings. The van der Waals surface area contributed by atoms with E-state index in [1.165, 1.54) is 360 Å². The van der Waals surface area contributed by atoms with E-state index in [4.69, 9.17) is 9.47 Å². The average Bonchev–Trinajstić information content (AvgIpc) is 1.01. The Hall–Kier alpha value is -1.59. The van der Waals surface area contributed by atoms with Gasteiger partial charge in [0.05, 0.1) is 25.4 Å². The fourth-order valence-corrected chi connectivity index (χ4v) is 13.8. The van der Waals surface area contributed by atoms with Crippen LogP contribution in [-0.4, -0.2) is 87.5 Å². The van der Waals surface area contributed by atoms with Crippen LogP contribution in [0, 0.1) is 0 Å². The van der Waals surface area contributed by atoms with Gasteiger partial charge in [-0.25, -0.2) is 0 Å². The highest BCUT2D eigenvalue weighted by atomic mass is 16.7. The molecule has 0 aromatic carbocycles. The van der Waals surface area contributed by atoms with E-state index in [-0.39, 0.29) is 12.5 Å². The molecule has 9 nitrogen and oxygen atoms in total. The molecule has 0 bridgehead atoms. The Bertz CT molecular complexity index is 1570. The van der Waals surface area contributed by atoms with E-state index in [1.807, 2.05) is 0 Å². The van der Waals surface area contributed by atoms with Crippen LogP contribution in [0.3, 0.4) is 0 Å². The summed E-state index contributed by atoms with van der Waals surface area (Å²) in [5.41, 5.74) is 0. The molecule has 1 saturated heterocycles. The zero-order valence-electron chi connectivity index (χ0n) is 62.0. The first-order valence-electron chi connectivity index (χ1n) is 41.7. The fourth-order valence-electron chi connectivity index (χ4n) is 13.8. The van der Waals surface area contributed by atoms with Crippen LogP contribution in [0.5, 0.6) is 0 Å². The molecule has 0 aromatic heterocycles. The molecule has 1 amide bonds. The normalized spacial score (nSPS) is 17.7. The van der Waals surface area contributed by atoms with Gasteiger partial charge in [0.2, 0.25) is 5.91 Å². The van der Waals surface area contributed by atoms with Crippen LogP contribution in [0.2, 0.25) is 0 Å². The van der Waals surface area contributed by atoms with E-state index in [0.29, 0.717) is 12.8 Å². The van der Waals surface area contributed by atoms with Gasteiger partial charge in [-0.1, -0.05) is 416 Å². The highest BCUT2D eigenvalue weighted by molar-refractivity contribution is 5.76. The number of ether oxygens (including phenoxy) is 2. The third-order valence-corrected chi connectivity index (χ3v) is 20.2. The predicted molar refractivity (Wildman–Crippen MR) is 401 cm³/mol. The summed E-state index contributed by atoms with van der Waals surface area (Å²) in [6, 6.07) is -0.720. The number of allylic oxidation sites excluding steroid dienone is 6. The van der Waals surface area contributed by atoms with E-state index in [1.54, 1.807) is 0 Å². The lowest BCUT2D eigenvalue weighted by atomic mass is 9.99. The second-order valence-corrected chi connectivity index (χ2v) is 29.3. The van der Waals surface area contributed by atoms with Crippen LogP contribution in [0.4, 0.5) is 0 Å². The summed E-state index contributed by atoms with van der Waals surface area (Å²) < 4.78 is 11.4. The highest BCUT2D eigenvalue weighted by Gasteiger charge is 2.44. The van der Waals surface area contributed by atoms with Gasteiger partial charge in [0.15, 0.2) is 6.29 Å². The molecular formula is C84H161NO8. The lowest BCUT2D eigenvalue weighted by Gasteiger charge is -2.40. The first-order chi connectivity index (χ1) is 45.8. The number of hydrogen-bond acceptors (Lipinski definition) is 8. The largest absolute Gasteiger partial charge is 0.394 e. The number of unbranched alkanes of at least 4 members (excludes halogenated alkanes) is 59. The first-order valence-corrected chi connectivity index (χ1v) is 41.7. The van der Waals surface area contributed by atoms with Gasteiger partial charge in [-0.3, -0.25) is 4.79 Å². The van der Waals surface area contributed by atoms with Crippen LogP contribution >= 0.6 is 0 Å². The van der Waals surface area contributed by atoms with Crippen LogP contribution < -0.4 is 5.32 Å². The van der Waals surface area contributed by atoms with Gasteiger partial charge in [-0.2, -0.15) is 0 Å². The molecule has 1 aliphatic heterocycles. The maximum Gasteiger partial charge on any atom is 0.220 e. The summed E-state index contributed by atoms with van der Waals surface area (Å²) in [6.07, 6.45) is 92.7. The van der Waals surface area contributed by atoms with Crippen molar-refractivity contribution in [1.82, 2.24) is 5.32 Å². The van der Waals surface area contributed by atoms with Crippen molar-refractivity contribution in [3.63, 3.8) is 0 Å². The predicted octanol–water partition coefficient (Wildman–Crippen LogP) is 24.1. The number of aliphatic hydroxyl groups is 5. The molecule has 6 N–H and O–H groups in total. The Labute approximate surface area is 578 Å². The van der Waals surface area contributed by atoms with E-state index in [0.717, 1.165) is 51.4 Å². The zero-order chi connectivity index (χ0) is 67.1. The molecular weight excluding hydrogens is 1150 g/mol. The van der Waals surface area contributed by atoms with E-state index in [2.05, 4.69) is 55.6 Å². The molecule has 9 heteroatoms. The minimum absolute atomic E-state index is 0.133. The van der Waals surface area contributed by atoms with Gasteiger partial charge in [0.1, 0.15) is 24.4 Å². The minimum atomic E-state index is -1.55. The maximum absolute atomic E-state index is 13.2. The highest BCUT2D eigenvalue weighted by Crippen LogP contribution is 2.24. The van der Waals surface area contributed by atoms with Gasteiger partial charge in [0, 0.05) is 6.42 Å². The first kappa shape index (κ1) is 89.4. The molecule has 1 heterocycles. The lowest BCUT2D eigenvalue weighted by Crippen LogP contribution is -2.60. The van der Waals surface area contributed by atoms with Crippen molar-refractivity contribution < 1.29 is 39.8 Å². The van der Waals surface area contributed by atoms with E-state index < -0.39 is 49.5 Å². The van der Waals surface area contributed by atoms with E-state index in [9.17, 15) is 30.3 Å². The minimum Gasteiger partial charge on any atom is -0.394 e. The number of hydrogen-bond donors (Lipinski definition) is 6. The van der Waals surface area contributed by atoms with Crippen LogP contribution in [-0.2, 0) is 14.3 Å². The Balaban J connectivity index is 2.03. The molecule has 1 rings (SSSR count). The number of aliphatic hydroxyl groups excluding tert-OH is 5. The Morgan fingerprint density at radius 1 is 0.366 bits per heavy atom. The molecule has 550 valence electrons. The summed E-state index contributed by atoms with van der Waals surface area (Å²) in [5.74, 6) is -0.134. The Morgan fingerprint density at radius 3 is 0.935 bits per heavy atom. The summed E-state index contributed by atoms with van der Waals surface area (Å²) in [6.45, 7) is 3.90. The number of carbonyl (C=O) groups excluding carboxylic acids is 1. The summed E-state index contributed by atoms with van der Waals surface area (Å²) in [4.78, 5) is 13.2. The third kappa shape index (κ3) is 61.3. The van der Waals surface area contributed by atoms with Crippen molar-refractivity contribution in [3.05, 3.63) is 36.5 Å². The van der Waals surface area contributed by atoms with Gasteiger partial charge in [0.25, 0.3) is 0 Å². The SMILES string of the molecule is CCCCCCC/C=C\C/C=C\C/C=C\CCCCCCCCCCCCCCCCCCCCCCCCC(=O)NC(COC1OC(CO)C(O)C(O)C1O)C(O)CCCCCCCCCCCCCCCCCCCCCCCCCCCCCCCCCCC. The molecule has 0 aromatic rings. The van der Waals surface area contributed by atoms with Crippen LogP contribution in [0.25, 0.3) is 0 Å². The third-order valence-electron chi connectivity index (χ3n) is 20.2. The second kappa shape index (κ2) is 73.1. The number of amides is 1. The van der Waals surface area contributed by atoms with Crippen molar-refractivity contribution in [2.45, 2.75) is 480 Å². The second-order valence-electron chi connectivity index (χ2n) is 29.3. The van der Waals surface area contributed by atoms with Gasteiger partial charge >= 0.3 is 0 Å². The van der Waals surface area contributed by atoms with Crippen LogP contribution in [0.1, 0.15) is 438 Å². The summed E-state index contributed by atoms with van der Waals surface area (Å²) in [7, 11) is 0. The quantitative estimate of drug-likeness (QED) is 0.0261. The molecule has 93 heavy (non-hydrogen) atoms. The average molecular weight is 1310 g/mol. The Morgan fingerprint density at radius 2 is 0.634 bits per heavy atom. The summed E-state index contributed by atoms with van der Waals surface area (Å²) >= 11 is 0. The van der Waals surface area contributed by atoms with E-state index >= 15 is 0 Å². The van der Waals surface area contributed by atoms with Crippen molar-refractivity contribution in [2.75, 3.05) is 13.2 Å². The molecule has 7 unspecified atom stereocenters. The number of carbonyl (C=O) groups is 1. The van der Waals surface area contributed by atoms with Gasteiger partial charge in [-0.15, -0.1) is 0 Å². The molecule has 0 aliphatic carbocycles. The molecule has 1 aliphatic rings. The number of rotatable bonds is 75. The standard InChI is InChI=1S/C84H161NO8/c1-3-5-7-9-11-13-15-17-19-21-23-25-27-29-31-33-35-37-38-39-40-42-44-46-48-50-52-54-56-58-60-62-64-66-68-70-72-74-80(88)85-77(76-92-84-83(91)82(90)81(89)79(75-86)93-84)78(87)73-71-69-67-65-63-61-59-57-55-53-51-49-47-45-43-41-36-34-32-30-28-26-24-22-20-18-16-14-12-10-8-6-4-2/h15,17,21,23,27,29,77-79,81-84,86-87,89-91H,3-14,16,18-20,22,24-26,28,30-76H2,1-2H3,(H,85,88)/b17-15-,23-21-,29-27-. The monoisotopic (exact) mass is 1310 g/mol. The van der Waals surface area contributed by atoms with Crippen molar-refractivity contribution in [3.8, 4) is 0 Å². The molecule has 0 spiro atoms. The lowest BCUT2D eigenvalue weighted by molar-refractivity contribution is -0.302. The van der Waals surface area contributed by atoms with Crippen molar-refractivity contribution in [1.29, 1.82) is 0 Å². The smallest absolute Gasteiger partial charge is 0.220 e. The number of nitrogens with one attached hydrogen (secondary N) is 1. The van der Waals surface area contributed by atoms with Gasteiger partial charge < -0.3 is 40.3 Å². The van der Waals surface area contributed by atoms with Crippen molar-refractivity contribution >= 4 is 5.91 Å².